The molecule has 0 bridgehead atoms. The van der Waals surface area contributed by atoms with Crippen molar-refractivity contribution in [1.82, 2.24) is 4.31 Å². The molecule has 1 aliphatic rings. The minimum atomic E-state index is -3.71. The number of halogens is 1. The third kappa shape index (κ3) is 2.89. The first-order valence-electron chi connectivity index (χ1n) is 6.00. The van der Waals surface area contributed by atoms with Gasteiger partial charge in [0.1, 0.15) is 4.90 Å². The van der Waals surface area contributed by atoms with Crippen molar-refractivity contribution in [3.8, 4) is 0 Å². The Labute approximate surface area is 128 Å². The molecule has 1 aromatic rings. The van der Waals surface area contributed by atoms with Gasteiger partial charge in [0, 0.05) is 18.0 Å². The molecule has 9 heteroatoms. The largest absolute Gasteiger partial charge is 0.244 e. The van der Waals surface area contributed by atoms with E-state index in [0.29, 0.717) is 16.9 Å². The van der Waals surface area contributed by atoms with Gasteiger partial charge in [0.25, 0.3) is 0 Å². The van der Waals surface area contributed by atoms with Gasteiger partial charge in [-0.1, -0.05) is 0 Å². The summed E-state index contributed by atoms with van der Waals surface area (Å²) >= 11 is 7.10. The molecule has 0 aromatic carbocycles. The van der Waals surface area contributed by atoms with Crippen LogP contribution in [-0.4, -0.2) is 45.7 Å². The summed E-state index contributed by atoms with van der Waals surface area (Å²) in [5.41, 5.74) is 0.651. The van der Waals surface area contributed by atoms with Crippen LogP contribution in [0.2, 0.25) is 0 Å². The number of hydrogen-bond acceptors (Lipinski definition) is 5. The van der Waals surface area contributed by atoms with Crippen LogP contribution in [0.25, 0.3) is 0 Å². The van der Waals surface area contributed by atoms with Crippen molar-refractivity contribution in [1.29, 1.82) is 0 Å². The first-order valence-corrected chi connectivity index (χ1v) is 10.7. The summed E-state index contributed by atoms with van der Waals surface area (Å²) in [5.74, 6) is 0.0640. The van der Waals surface area contributed by atoms with Crippen molar-refractivity contribution in [3.05, 3.63) is 15.8 Å². The van der Waals surface area contributed by atoms with E-state index in [9.17, 15) is 16.8 Å². The molecule has 1 aliphatic heterocycles. The van der Waals surface area contributed by atoms with E-state index >= 15 is 0 Å². The van der Waals surface area contributed by atoms with Crippen molar-refractivity contribution in [2.24, 2.45) is 0 Å². The minimum absolute atomic E-state index is 0.0442. The van der Waals surface area contributed by atoms with Crippen molar-refractivity contribution in [3.63, 3.8) is 0 Å². The molecule has 1 unspecified atom stereocenters. The molecule has 1 aromatic heterocycles. The highest BCUT2D eigenvalue weighted by atomic mass is 35.5. The second kappa shape index (κ2) is 5.57. The molecule has 0 saturated carbocycles. The molecule has 0 N–H and O–H groups in total. The van der Waals surface area contributed by atoms with Crippen molar-refractivity contribution < 1.29 is 16.8 Å². The Balaban J connectivity index is 2.38. The van der Waals surface area contributed by atoms with Crippen LogP contribution in [0.4, 0.5) is 0 Å². The highest BCUT2D eigenvalue weighted by Crippen LogP contribution is 2.32. The van der Waals surface area contributed by atoms with E-state index in [4.69, 9.17) is 11.6 Å². The second-order valence-electron chi connectivity index (χ2n) is 4.88. The molecule has 2 rings (SSSR count). The topological polar surface area (TPSA) is 71.5 Å². The van der Waals surface area contributed by atoms with Gasteiger partial charge < -0.3 is 0 Å². The average molecular weight is 358 g/mol. The highest BCUT2D eigenvalue weighted by Gasteiger charge is 2.38. The molecule has 0 amide bonds. The second-order valence-corrected chi connectivity index (χ2v) is 10.3. The smallest absolute Gasteiger partial charge is 0.229 e. The van der Waals surface area contributed by atoms with Gasteiger partial charge in [-0.3, -0.25) is 0 Å². The van der Waals surface area contributed by atoms with E-state index in [2.05, 4.69) is 0 Å². The summed E-state index contributed by atoms with van der Waals surface area (Å²) in [6.45, 7) is 1.72. The van der Waals surface area contributed by atoms with Crippen LogP contribution in [0.3, 0.4) is 0 Å². The zero-order valence-corrected chi connectivity index (χ0v) is 14.4. The Morgan fingerprint density at radius 3 is 2.65 bits per heavy atom. The Morgan fingerprint density at radius 1 is 1.50 bits per heavy atom. The van der Waals surface area contributed by atoms with Crippen molar-refractivity contribution in [2.45, 2.75) is 30.2 Å². The number of thiophene rings is 1. The van der Waals surface area contributed by atoms with Crippen molar-refractivity contribution >= 4 is 42.8 Å². The summed E-state index contributed by atoms with van der Waals surface area (Å²) in [5, 5.41) is 1.75. The molecular formula is C11H16ClNO4S3. The van der Waals surface area contributed by atoms with Gasteiger partial charge >= 0.3 is 0 Å². The number of hydrogen-bond donors (Lipinski definition) is 0. The van der Waals surface area contributed by atoms with E-state index in [-0.39, 0.29) is 22.3 Å². The van der Waals surface area contributed by atoms with E-state index in [1.807, 2.05) is 0 Å². The fraction of sp³-hybridized carbons (Fsp3) is 0.636. The number of sulfone groups is 1. The lowest BCUT2D eigenvalue weighted by molar-refractivity contribution is 0.393. The lowest BCUT2D eigenvalue weighted by Gasteiger charge is -2.23. The van der Waals surface area contributed by atoms with Gasteiger partial charge in [-0.2, -0.15) is 4.31 Å². The third-order valence-electron chi connectivity index (χ3n) is 3.47. The first-order chi connectivity index (χ1) is 9.19. The molecular weight excluding hydrogens is 342 g/mol. The van der Waals surface area contributed by atoms with E-state index in [0.717, 1.165) is 0 Å². The number of aryl methyl sites for hydroxylation is 1. The number of sulfonamides is 1. The Hall–Kier alpha value is -0.150. The molecule has 0 aliphatic carbocycles. The first kappa shape index (κ1) is 16.2. The molecule has 114 valence electrons. The van der Waals surface area contributed by atoms with E-state index < -0.39 is 25.9 Å². The van der Waals surface area contributed by atoms with Crippen LogP contribution in [0.5, 0.6) is 0 Å². The van der Waals surface area contributed by atoms with E-state index in [1.54, 1.807) is 12.3 Å². The SMILES string of the molecule is Cc1csc(CCl)c1S(=O)(=O)N(C)C1CCS(=O)(=O)C1. The fourth-order valence-electron chi connectivity index (χ4n) is 2.33. The van der Waals surface area contributed by atoms with Crippen LogP contribution in [0.1, 0.15) is 16.9 Å². The molecule has 1 saturated heterocycles. The summed E-state index contributed by atoms with van der Waals surface area (Å²) < 4.78 is 49.5. The van der Waals surface area contributed by atoms with Crippen LogP contribution >= 0.6 is 22.9 Å². The normalized spacial score (nSPS) is 22.5. The monoisotopic (exact) mass is 357 g/mol. The number of rotatable bonds is 4. The number of nitrogens with zero attached hydrogens (tertiary/aromatic N) is 1. The predicted octanol–water partition coefficient (Wildman–Crippen LogP) is 1.60. The summed E-state index contributed by atoms with van der Waals surface area (Å²) in [4.78, 5) is 0.821. The van der Waals surface area contributed by atoms with Crippen LogP contribution in [-0.2, 0) is 25.7 Å². The quantitative estimate of drug-likeness (QED) is 0.767. The molecule has 20 heavy (non-hydrogen) atoms. The zero-order valence-electron chi connectivity index (χ0n) is 11.2. The van der Waals surface area contributed by atoms with Gasteiger partial charge in [-0.15, -0.1) is 22.9 Å². The summed E-state index contributed by atoms with van der Waals surface area (Å²) in [6.07, 6.45) is 0.345. The molecule has 0 spiro atoms. The maximum Gasteiger partial charge on any atom is 0.244 e. The Morgan fingerprint density at radius 2 is 2.15 bits per heavy atom. The molecule has 0 radical (unpaired) electrons. The predicted molar refractivity (Wildman–Crippen MR) is 80.6 cm³/mol. The lowest BCUT2D eigenvalue weighted by Crippen LogP contribution is -2.38. The standard InChI is InChI=1S/C11H16ClNO4S3/c1-8-6-18-10(5-12)11(8)20(16,17)13(2)9-3-4-19(14,15)7-9/h6,9H,3-5,7H2,1-2H3. The zero-order chi connectivity index (χ0) is 15.1. The summed E-state index contributed by atoms with van der Waals surface area (Å²) in [6, 6.07) is -0.493. The highest BCUT2D eigenvalue weighted by molar-refractivity contribution is 7.92. The lowest BCUT2D eigenvalue weighted by atomic mass is 10.3. The average Bonchev–Trinajstić information content (AvgIpc) is 2.91. The fourth-order valence-corrected chi connectivity index (χ4v) is 7.59. The van der Waals surface area contributed by atoms with Crippen molar-refractivity contribution in [2.75, 3.05) is 18.6 Å². The maximum atomic E-state index is 12.7. The molecule has 1 fully saturated rings. The van der Waals surface area contributed by atoms with Gasteiger partial charge in [-0.05, 0) is 24.3 Å². The van der Waals surface area contributed by atoms with Crippen LogP contribution < -0.4 is 0 Å². The third-order valence-corrected chi connectivity index (χ3v) is 9.02. The Kier molecular flexibility index (Phi) is 4.52. The minimum Gasteiger partial charge on any atom is -0.229 e. The van der Waals surface area contributed by atoms with Gasteiger partial charge in [0.05, 0.1) is 17.4 Å². The van der Waals surface area contributed by atoms with Gasteiger partial charge in [0.2, 0.25) is 10.0 Å². The van der Waals surface area contributed by atoms with E-state index in [1.165, 1.54) is 22.7 Å². The van der Waals surface area contributed by atoms with Gasteiger partial charge in [0.15, 0.2) is 9.84 Å². The van der Waals surface area contributed by atoms with Gasteiger partial charge in [-0.25, -0.2) is 16.8 Å². The molecule has 1 atom stereocenters. The Bertz CT molecular complexity index is 708. The number of alkyl halides is 1. The maximum absolute atomic E-state index is 12.7. The molecule has 2 heterocycles. The summed E-state index contributed by atoms with van der Waals surface area (Å²) in [7, 11) is -5.39. The van der Waals surface area contributed by atoms with Crippen LogP contribution in [0, 0.1) is 6.92 Å². The van der Waals surface area contributed by atoms with Crippen LogP contribution in [0.15, 0.2) is 10.3 Å². The molecule has 5 nitrogen and oxygen atoms in total.